The molecule has 0 atom stereocenters. The molecule has 3 rings (SSSR count). The summed E-state index contributed by atoms with van der Waals surface area (Å²) in [6, 6.07) is 11.0. The van der Waals surface area contributed by atoms with Crippen LogP contribution in [0.3, 0.4) is 0 Å². The fraction of sp³-hybridized carbons (Fsp3) is 0. The molecule has 18 heavy (non-hydrogen) atoms. The molecule has 0 aliphatic rings. The van der Waals surface area contributed by atoms with Gasteiger partial charge in [-0.2, -0.15) is 0 Å². The minimum absolute atomic E-state index is 0.199. The van der Waals surface area contributed by atoms with Crippen LogP contribution in [0.1, 0.15) is 0 Å². The van der Waals surface area contributed by atoms with Gasteiger partial charge in [-0.3, -0.25) is 4.79 Å². The van der Waals surface area contributed by atoms with E-state index in [0.29, 0.717) is 17.3 Å². The number of benzene rings is 1. The van der Waals surface area contributed by atoms with Gasteiger partial charge in [-0.1, -0.05) is 30.3 Å². The Morgan fingerprint density at radius 1 is 1.06 bits per heavy atom. The van der Waals surface area contributed by atoms with Crippen molar-refractivity contribution >= 4 is 0 Å². The molecule has 1 aromatic carbocycles. The van der Waals surface area contributed by atoms with Crippen molar-refractivity contribution in [3.63, 3.8) is 0 Å². The molecule has 2 N–H and O–H groups in total. The van der Waals surface area contributed by atoms with Crippen molar-refractivity contribution in [1.82, 2.24) is 19.9 Å². The molecule has 0 spiro atoms. The molecule has 0 fully saturated rings. The normalized spacial score (nSPS) is 10.4. The lowest BCUT2D eigenvalue weighted by molar-refractivity contribution is 1.09. The largest absolute Gasteiger partial charge is 0.342 e. The Morgan fingerprint density at radius 3 is 2.61 bits per heavy atom. The summed E-state index contributed by atoms with van der Waals surface area (Å²) in [5, 5.41) is 0. The fourth-order valence-electron chi connectivity index (χ4n) is 1.72. The molecule has 5 heteroatoms. The Labute approximate surface area is 103 Å². The highest BCUT2D eigenvalue weighted by molar-refractivity contribution is 5.60. The fourth-order valence-corrected chi connectivity index (χ4v) is 1.72. The molecule has 3 aromatic rings. The monoisotopic (exact) mass is 238 g/mol. The molecule has 88 valence electrons. The first-order chi connectivity index (χ1) is 8.83. The van der Waals surface area contributed by atoms with E-state index in [2.05, 4.69) is 19.9 Å². The third-order valence-electron chi connectivity index (χ3n) is 2.53. The molecule has 2 aromatic heterocycles. The molecular formula is C13H10N4O. The second kappa shape index (κ2) is 4.29. The number of hydrogen-bond acceptors (Lipinski definition) is 3. The number of nitrogens with zero attached hydrogens (tertiary/aromatic N) is 2. The number of nitrogens with one attached hydrogen (secondary N) is 2. The lowest BCUT2D eigenvalue weighted by atomic mass is 10.1. The predicted octanol–water partition coefficient (Wildman–Crippen LogP) is 1.83. The summed E-state index contributed by atoms with van der Waals surface area (Å²) in [4.78, 5) is 25.7. The number of hydrogen-bond donors (Lipinski definition) is 2. The second-order valence-corrected chi connectivity index (χ2v) is 3.78. The maximum atomic E-state index is 11.6. The maximum Gasteiger partial charge on any atom is 0.251 e. The number of H-pyrrole nitrogens is 2. The van der Waals surface area contributed by atoms with Gasteiger partial charge in [0.1, 0.15) is 0 Å². The third kappa shape index (κ3) is 1.93. The Kier molecular flexibility index (Phi) is 2.49. The summed E-state index contributed by atoms with van der Waals surface area (Å²) in [6.45, 7) is 0. The molecule has 0 unspecified atom stereocenters. The van der Waals surface area contributed by atoms with Crippen LogP contribution in [0.2, 0.25) is 0 Å². The van der Waals surface area contributed by atoms with Crippen molar-refractivity contribution in [2.45, 2.75) is 0 Å². The van der Waals surface area contributed by atoms with E-state index in [1.165, 1.54) is 6.07 Å². The smallest absolute Gasteiger partial charge is 0.251 e. The minimum atomic E-state index is -0.199. The van der Waals surface area contributed by atoms with E-state index in [-0.39, 0.29) is 5.56 Å². The zero-order valence-corrected chi connectivity index (χ0v) is 9.42. The zero-order chi connectivity index (χ0) is 12.4. The number of imidazole rings is 1. The van der Waals surface area contributed by atoms with Crippen LogP contribution >= 0.6 is 0 Å². The van der Waals surface area contributed by atoms with Crippen molar-refractivity contribution in [3.8, 4) is 22.9 Å². The Bertz CT molecular complexity index is 701. The summed E-state index contributed by atoms with van der Waals surface area (Å²) >= 11 is 0. The van der Waals surface area contributed by atoms with Crippen LogP contribution in [-0.2, 0) is 0 Å². The van der Waals surface area contributed by atoms with E-state index in [1.54, 1.807) is 12.4 Å². The average Bonchev–Trinajstić information content (AvgIpc) is 2.93. The molecule has 0 saturated heterocycles. The van der Waals surface area contributed by atoms with E-state index in [1.807, 2.05) is 30.3 Å². The molecule has 0 aliphatic carbocycles. The predicted molar refractivity (Wildman–Crippen MR) is 67.9 cm³/mol. The summed E-state index contributed by atoms with van der Waals surface area (Å²) in [7, 11) is 0. The highest BCUT2D eigenvalue weighted by Gasteiger charge is 2.06. The number of rotatable bonds is 2. The van der Waals surface area contributed by atoms with Crippen molar-refractivity contribution in [2.24, 2.45) is 0 Å². The van der Waals surface area contributed by atoms with Gasteiger partial charge in [0.15, 0.2) is 11.6 Å². The quantitative estimate of drug-likeness (QED) is 0.715. The van der Waals surface area contributed by atoms with Crippen LogP contribution in [0, 0.1) is 0 Å². The molecular weight excluding hydrogens is 228 g/mol. The lowest BCUT2D eigenvalue weighted by Crippen LogP contribution is -2.09. The molecule has 0 aliphatic heterocycles. The van der Waals surface area contributed by atoms with Gasteiger partial charge < -0.3 is 9.97 Å². The van der Waals surface area contributed by atoms with E-state index in [9.17, 15) is 4.79 Å². The second-order valence-electron chi connectivity index (χ2n) is 3.78. The summed E-state index contributed by atoms with van der Waals surface area (Å²) < 4.78 is 0. The molecule has 0 amide bonds. The van der Waals surface area contributed by atoms with Gasteiger partial charge in [-0.25, -0.2) is 9.97 Å². The standard InChI is InChI=1S/C13H10N4O/c18-11-8-10(9-4-2-1-3-5-9)16-13(17-11)12-14-6-7-15-12/h1-8H,(H,14,15)(H,16,17,18). The zero-order valence-electron chi connectivity index (χ0n) is 9.42. The minimum Gasteiger partial charge on any atom is -0.342 e. The molecule has 5 nitrogen and oxygen atoms in total. The van der Waals surface area contributed by atoms with E-state index in [4.69, 9.17) is 0 Å². The summed E-state index contributed by atoms with van der Waals surface area (Å²) in [5.74, 6) is 0.983. The Balaban J connectivity index is 2.15. The first-order valence-corrected chi connectivity index (χ1v) is 5.49. The lowest BCUT2D eigenvalue weighted by Gasteiger charge is -2.02. The number of aromatic nitrogens is 4. The van der Waals surface area contributed by atoms with Crippen molar-refractivity contribution in [3.05, 3.63) is 59.1 Å². The molecule has 2 heterocycles. The van der Waals surface area contributed by atoms with Gasteiger partial charge in [0.05, 0.1) is 5.69 Å². The van der Waals surface area contributed by atoms with Crippen molar-refractivity contribution in [2.75, 3.05) is 0 Å². The van der Waals surface area contributed by atoms with Crippen LogP contribution in [0.25, 0.3) is 22.9 Å². The summed E-state index contributed by atoms with van der Waals surface area (Å²) in [6.07, 6.45) is 3.30. The van der Waals surface area contributed by atoms with E-state index < -0.39 is 0 Å². The van der Waals surface area contributed by atoms with Gasteiger partial charge >= 0.3 is 0 Å². The third-order valence-corrected chi connectivity index (χ3v) is 2.53. The maximum absolute atomic E-state index is 11.6. The van der Waals surface area contributed by atoms with Gasteiger partial charge in [0.2, 0.25) is 0 Å². The highest BCUT2D eigenvalue weighted by Crippen LogP contribution is 2.16. The molecule has 0 bridgehead atoms. The van der Waals surface area contributed by atoms with Crippen LogP contribution in [0.4, 0.5) is 0 Å². The highest BCUT2D eigenvalue weighted by atomic mass is 16.1. The van der Waals surface area contributed by atoms with Gasteiger partial charge in [0, 0.05) is 24.0 Å². The van der Waals surface area contributed by atoms with Crippen LogP contribution < -0.4 is 5.56 Å². The first-order valence-electron chi connectivity index (χ1n) is 5.49. The SMILES string of the molecule is O=c1cc(-c2ccccc2)nc(-c2ncc[nH]2)[nH]1. The average molecular weight is 238 g/mol. The van der Waals surface area contributed by atoms with Crippen LogP contribution in [-0.4, -0.2) is 19.9 Å². The topological polar surface area (TPSA) is 74.4 Å². The first kappa shape index (κ1) is 10.5. The Hall–Kier alpha value is -2.69. The van der Waals surface area contributed by atoms with Crippen LogP contribution in [0.5, 0.6) is 0 Å². The van der Waals surface area contributed by atoms with Gasteiger partial charge in [0.25, 0.3) is 5.56 Å². The van der Waals surface area contributed by atoms with Gasteiger partial charge in [-0.15, -0.1) is 0 Å². The van der Waals surface area contributed by atoms with E-state index in [0.717, 1.165) is 5.56 Å². The van der Waals surface area contributed by atoms with Gasteiger partial charge in [-0.05, 0) is 0 Å². The van der Waals surface area contributed by atoms with Crippen molar-refractivity contribution < 1.29 is 0 Å². The van der Waals surface area contributed by atoms with Crippen molar-refractivity contribution in [1.29, 1.82) is 0 Å². The molecule has 0 radical (unpaired) electrons. The molecule has 0 saturated carbocycles. The summed E-state index contributed by atoms with van der Waals surface area (Å²) in [5.41, 5.74) is 1.33. The number of aromatic amines is 2. The Morgan fingerprint density at radius 2 is 1.89 bits per heavy atom. The van der Waals surface area contributed by atoms with Crippen LogP contribution in [0.15, 0.2) is 53.6 Å². The van der Waals surface area contributed by atoms with E-state index >= 15 is 0 Å².